The Hall–Kier alpha value is -2.49. The molecule has 0 aliphatic rings. The first-order valence-electron chi connectivity index (χ1n) is 10.1. The SMILES string of the molecule is CC(C)(C)OC(=O)CN.O=C(O)CNC(=O)c1cc(Br)cc(S(=O)(=O)c2cc(Br)cc(C(F)(F)F)c2)c1. The number of halogens is 5. The number of sulfone groups is 1. The third-order valence-electron chi connectivity index (χ3n) is 3.94. The van der Waals surface area contributed by atoms with E-state index >= 15 is 0 Å². The number of hydrogen-bond acceptors (Lipinski definition) is 7. The average molecular weight is 676 g/mol. The van der Waals surface area contributed by atoms with E-state index in [1.165, 1.54) is 6.07 Å². The molecule has 0 aliphatic carbocycles. The van der Waals surface area contributed by atoms with Gasteiger partial charge in [-0.05, 0) is 57.2 Å². The van der Waals surface area contributed by atoms with Crippen LogP contribution in [-0.4, -0.2) is 50.1 Å². The molecule has 37 heavy (non-hydrogen) atoms. The van der Waals surface area contributed by atoms with Gasteiger partial charge in [0.2, 0.25) is 9.84 Å². The van der Waals surface area contributed by atoms with Crippen LogP contribution in [0.4, 0.5) is 13.2 Å². The molecule has 0 aromatic heterocycles. The lowest BCUT2D eigenvalue weighted by Gasteiger charge is -2.18. The molecule has 0 spiro atoms. The van der Waals surface area contributed by atoms with Crippen molar-refractivity contribution in [2.45, 2.75) is 42.3 Å². The molecule has 0 fully saturated rings. The molecule has 2 rings (SSSR count). The third-order valence-corrected chi connectivity index (χ3v) is 6.57. The number of esters is 1. The van der Waals surface area contributed by atoms with Gasteiger partial charge >= 0.3 is 18.1 Å². The van der Waals surface area contributed by atoms with Crippen molar-refractivity contribution in [3.8, 4) is 0 Å². The van der Waals surface area contributed by atoms with Crippen LogP contribution in [0.2, 0.25) is 0 Å². The highest BCUT2D eigenvalue weighted by Crippen LogP contribution is 2.35. The van der Waals surface area contributed by atoms with E-state index in [0.29, 0.717) is 6.07 Å². The number of alkyl halides is 3. The third kappa shape index (κ3) is 10.8. The number of carbonyl (C=O) groups excluding carboxylic acids is 2. The van der Waals surface area contributed by atoms with Crippen molar-refractivity contribution >= 4 is 59.5 Å². The monoisotopic (exact) mass is 674 g/mol. The highest BCUT2D eigenvalue weighted by Gasteiger charge is 2.33. The maximum atomic E-state index is 13.0. The lowest BCUT2D eigenvalue weighted by molar-refractivity contribution is -0.153. The Kier molecular flexibility index (Phi) is 11.3. The molecule has 0 heterocycles. The number of rotatable bonds is 6. The summed E-state index contributed by atoms with van der Waals surface area (Å²) in [4.78, 5) is 32.0. The second-order valence-electron chi connectivity index (χ2n) is 8.22. The summed E-state index contributed by atoms with van der Waals surface area (Å²) in [6, 6.07) is 5.56. The van der Waals surface area contributed by atoms with E-state index in [1.807, 2.05) is 0 Å². The number of carbonyl (C=O) groups is 3. The van der Waals surface area contributed by atoms with Crippen LogP contribution in [0.25, 0.3) is 0 Å². The molecule has 2 aromatic carbocycles. The molecule has 2 aromatic rings. The number of nitrogens with one attached hydrogen (secondary N) is 1. The van der Waals surface area contributed by atoms with Crippen molar-refractivity contribution in [1.82, 2.24) is 5.32 Å². The van der Waals surface area contributed by atoms with E-state index in [-0.39, 0.29) is 27.0 Å². The first-order chi connectivity index (χ1) is 16.8. The quantitative estimate of drug-likeness (QED) is 0.386. The van der Waals surface area contributed by atoms with Crippen molar-refractivity contribution in [2.24, 2.45) is 5.73 Å². The predicted octanol–water partition coefficient (Wildman–Crippen LogP) is 4.16. The van der Waals surface area contributed by atoms with Crippen molar-refractivity contribution in [1.29, 1.82) is 0 Å². The Morgan fingerprint density at radius 1 is 0.973 bits per heavy atom. The minimum atomic E-state index is -4.76. The van der Waals surface area contributed by atoms with Crippen LogP contribution in [0.1, 0.15) is 36.7 Å². The van der Waals surface area contributed by atoms with Gasteiger partial charge in [-0.15, -0.1) is 0 Å². The van der Waals surface area contributed by atoms with Crippen LogP contribution in [0, 0.1) is 0 Å². The zero-order chi connectivity index (χ0) is 28.8. The molecule has 9 nitrogen and oxygen atoms in total. The van der Waals surface area contributed by atoms with Gasteiger partial charge in [0.05, 0.1) is 21.9 Å². The Bertz CT molecular complexity index is 1280. The molecular weight excluding hydrogens is 653 g/mol. The number of nitrogens with two attached hydrogens (primary N) is 1. The standard InChI is InChI=1S/C16H10Br2F3NO5S.C6H13NO2/c17-10-1-8(15(25)22-7-14(23)24)2-12(5-10)28(26,27)13-4-9(16(19,20)21)3-11(18)6-13;1-6(2,3)9-5(8)4-7/h1-6H,7H2,(H,22,25)(H,23,24);4,7H2,1-3H3. The lowest BCUT2D eigenvalue weighted by atomic mass is 10.2. The van der Waals surface area contributed by atoms with Crippen molar-refractivity contribution < 1.29 is 45.8 Å². The molecule has 0 saturated carbocycles. The molecule has 0 unspecified atom stereocenters. The molecule has 1 amide bonds. The first-order valence-corrected chi connectivity index (χ1v) is 13.2. The van der Waals surface area contributed by atoms with Crippen LogP contribution in [-0.2, 0) is 30.3 Å². The highest BCUT2D eigenvalue weighted by molar-refractivity contribution is 9.10. The van der Waals surface area contributed by atoms with Gasteiger partial charge in [0.1, 0.15) is 12.1 Å². The van der Waals surface area contributed by atoms with Crippen molar-refractivity contribution in [3.63, 3.8) is 0 Å². The molecule has 204 valence electrons. The Labute approximate surface area is 227 Å². The van der Waals surface area contributed by atoms with Crippen LogP contribution in [0.3, 0.4) is 0 Å². The van der Waals surface area contributed by atoms with Gasteiger partial charge in [-0.2, -0.15) is 13.2 Å². The average Bonchev–Trinajstić information content (AvgIpc) is 2.75. The maximum absolute atomic E-state index is 13.0. The van der Waals surface area contributed by atoms with Crippen molar-refractivity contribution in [2.75, 3.05) is 13.1 Å². The van der Waals surface area contributed by atoms with Gasteiger partial charge < -0.3 is 20.9 Å². The fourth-order valence-corrected chi connectivity index (χ4v) is 5.20. The zero-order valence-corrected chi connectivity index (χ0v) is 23.6. The van der Waals surface area contributed by atoms with Gasteiger partial charge in [-0.3, -0.25) is 14.4 Å². The molecule has 0 saturated heterocycles. The smallest absolute Gasteiger partial charge is 0.416 e. The largest absolute Gasteiger partial charge is 0.480 e. The molecule has 0 atom stereocenters. The highest BCUT2D eigenvalue weighted by atomic mass is 79.9. The van der Waals surface area contributed by atoms with Crippen LogP contribution in [0.5, 0.6) is 0 Å². The second-order valence-corrected chi connectivity index (χ2v) is 12.0. The predicted molar refractivity (Wildman–Crippen MR) is 134 cm³/mol. The van der Waals surface area contributed by atoms with E-state index in [9.17, 15) is 36.0 Å². The van der Waals surface area contributed by atoms with Gasteiger partial charge in [0.15, 0.2) is 0 Å². The van der Waals surface area contributed by atoms with Crippen molar-refractivity contribution in [3.05, 3.63) is 56.5 Å². The number of carboxylic acids is 1. The fraction of sp³-hybridized carbons (Fsp3) is 0.318. The number of benzene rings is 2. The Morgan fingerprint density at radius 2 is 1.49 bits per heavy atom. The molecule has 15 heteroatoms. The number of ether oxygens (including phenoxy) is 1. The van der Waals surface area contributed by atoms with E-state index < -0.39 is 55.4 Å². The van der Waals surface area contributed by atoms with Gasteiger partial charge in [0, 0.05) is 14.5 Å². The fourth-order valence-electron chi connectivity index (χ4n) is 2.51. The summed E-state index contributed by atoms with van der Waals surface area (Å²) in [5, 5.41) is 10.7. The molecule has 0 aliphatic heterocycles. The summed E-state index contributed by atoms with van der Waals surface area (Å²) in [6.07, 6.45) is -4.76. The topological polar surface area (TPSA) is 153 Å². The Morgan fingerprint density at radius 3 is 1.92 bits per heavy atom. The van der Waals surface area contributed by atoms with Gasteiger partial charge in [-0.25, -0.2) is 8.42 Å². The Balaban J connectivity index is 0.000000649. The van der Waals surface area contributed by atoms with E-state index in [0.717, 1.165) is 24.3 Å². The first kappa shape index (κ1) is 32.5. The summed E-state index contributed by atoms with van der Waals surface area (Å²) in [7, 11) is -4.41. The summed E-state index contributed by atoms with van der Waals surface area (Å²) in [5.41, 5.74) is 3.26. The van der Waals surface area contributed by atoms with Crippen LogP contribution >= 0.6 is 31.9 Å². The van der Waals surface area contributed by atoms with Gasteiger partial charge in [-0.1, -0.05) is 31.9 Å². The number of aliphatic carboxylic acids is 1. The molecule has 0 radical (unpaired) electrons. The number of hydrogen-bond donors (Lipinski definition) is 3. The maximum Gasteiger partial charge on any atom is 0.416 e. The summed E-state index contributed by atoms with van der Waals surface area (Å²) in [5.74, 6) is -2.52. The second kappa shape index (κ2) is 12.8. The summed E-state index contributed by atoms with van der Waals surface area (Å²) >= 11 is 5.90. The minimum absolute atomic E-state index is 0.0444. The number of amides is 1. The zero-order valence-electron chi connectivity index (χ0n) is 19.7. The van der Waals surface area contributed by atoms with Crippen LogP contribution in [0.15, 0.2) is 55.1 Å². The molecule has 4 N–H and O–H groups in total. The van der Waals surface area contributed by atoms with Crippen LogP contribution < -0.4 is 11.1 Å². The lowest BCUT2D eigenvalue weighted by Crippen LogP contribution is -2.29. The normalized spacial score (nSPS) is 11.7. The van der Waals surface area contributed by atoms with E-state index in [4.69, 9.17) is 15.6 Å². The van der Waals surface area contributed by atoms with Gasteiger partial charge in [0.25, 0.3) is 5.91 Å². The molecular formula is C22H23Br2F3N2O7S. The molecule has 0 bridgehead atoms. The number of carboxylic acid groups (broad SMARTS) is 1. The van der Waals surface area contributed by atoms with E-state index in [2.05, 4.69) is 37.2 Å². The summed E-state index contributed by atoms with van der Waals surface area (Å²) in [6.45, 7) is 4.69. The summed E-state index contributed by atoms with van der Waals surface area (Å²) < 4.78 is 69.5. The van der Waals surface area contributed by atoms with E-state index in [1.54, 1.807) is 20.8 Å². The minimum Gasteiger partial charge on any atom is -0.480 e.